The Labute approximate surface area is 179 Å². The van der Waals surface area contributed by atoms with Gasteiger partial charge in [-0.15, -0.1) is 0 Å². The van der Waals surface area contributed by atoms with Crippen molar-refractivity contribution in [1.29, 1.82) is 0 Å². The number of halogens is 5. The molecular weight excluding hydrogens is 442 g/mol. The highest BCUT2D eigenvalue weighted by Gasteiger charge is 2.44. The highest BCUT2D eigenvalue weighted by molar-refractivity contribution is 6.33. The maximum atomic E-state index is 14.3. The van der Waals surface area contributed by atoms with Crippen molar-refractivity contribution in [3.05, 3.63) is 53.7 Å². The van der Waals surface area contributed by atoms with Crippen LogP contribution in [0.25, 0.3) is 11.3 Å². The van der Waals surface area contributed by atoms with Gasteiger partial charge in [0.1, 0.15) is 12.4 Å². The van der Waals surface area contributed by atoms with Crippen molar-refractivity contribution in [3.63, 3.8) is 0 Å². The van der Waals surface area contributed by atoms with Crippen molar-refractivity contribution in [2.24, 2.45) is 12.8 Å². The van der Waals surface area contributed by atoms with Crippen LogP contribution in [0.1, 0.15) is 0 Å². The van der Waals surface area contributed by atoms with Gasteiger partial charge in [-0.05, 0) is 24.3 Å². The Morgan fingerprint density at radius 1 is 1.29 bits per heavy atom. The zero-order chi connectivity index (χ0) is 22.8. The lowest BCUT2D eigenvalue weighted by Gasteiger charge is -2.25. The first kappa shape index (κ1) is 22.5. The first-order chi connectivity index (χ1) is 14.6. The minimum absolute atomic E-state index is 0.117. The first-order valence-electron chi connectivity index (χ1n) is 8.80. The number of nitrogens with two attached hydrogens (primary N) is 1. The van der Waals surface area contributed by atoms with Crippen LogP contribution in [0.2, 0.25) is 5.02 Å². The minimum atomic E-state index is -5.27. The largest absolute Gasteiger partial charge is 0.492 e. The molecule has 0 bridgehead atoms. The number of carbonyl (C=O) groups excluding carboxylic acids is 1. The lowest BCUT2D eigenvalue weighted by atomic mass is 10.1. The lowest BCUT2D eigenvalue weighted by Crippen LogP contribution is -2.38. The number of rotatable bonds is 6. The summed E-state index contributed by atoms with van der Waals surface area (Å²) in [5.74, 6) is -3.15. The van der Waals surface area contributed by atoms with Crippen molar-refractivity contribution in [3.8, 4) is 17.0 Å². The summed E-state index contributed by atoms with van der Waals surface area (Å²) in [4.78, 5) is 16.0. The average Bonchev–Trinajstić information content (AvgIpc) is 3.05. The summed E-state index contributed by atoms with van der Waals surface area (Å²) < 4.78 is 61.3. The highest BCUT2D eigenvalue weighted by atomic mass is 35.5. The number of carbonyl (C=O) groups is 1. The Morgan fingerprint density at radius 3 is 2.61 bits per heavy atom. The van der Waals surface area contributed by atoms with Crippen molar-refractivity contribution in [1.82, 2.24) is 14.8 Å². The van der Waals surface area contributed by atoms with E-state index in [4.69, 9.17) is 22.1 Å². The normalized spacial score (nSPS) is 11.5. The smallest absolute Gasteiger partial charge is 0.472 e. The molecule has 0 atom stereocenters. The topological polar surface area (TPSA) is 86.3 Å². The lowest BCUT2D eigenvalue weighted by molar-refractivity contribution is -0.169. The molecule has 1 amide bonds. The van der Waals surface area contributed by atoms with Crippen LogP contribution in [0, 0.1) is 5.82 Å². The van der Waals surface area contributed by atoms with E-state index < -0.39 is 23.6 Å². The van der Waals surface area contributed by atoms with Crippen LogP contribution in [0.5, 0.6) is 5.75 Å². The third-order valence-corrected chi connectivity index (χ3v) is 4.46. The average molecular weight is 458 g/mol. The van der Waals surface area contributed by atoms with Gasteiger partial charge >= 0.3 is 12.1 Å². The Hall–Kier alpha value is -3.18. The maximum absolute atomic E-state index is 14.3. The predicted octanol–water partition coefficient (Wildman–Crippen LogP) is 3.84. The molecule has 1 aromatic carbocycles. The summed E-state index contributed by atoms with van der Waals surface area (Å²) in [5.41, 5.74) is 5.15. The number of aryl methyl sites for hydroxylation is 1. The van der Waals surface area contributed by atoms with Gasteiger partial charge in [0.15, 0.2) is 5.82 Å². The van der Waals surface area contributed by atoms with Gasteiger partial charge in [-0.2, -0.15) is 18.3 Å². The van der Waals surface area contributed by atoms with Gasteiger partial charge in [0.2, 0.25) is 0 Å². The zero-order valence-electron chi connectivity index (χ0n) is 16.0. The second-order valence-electron chi connectivity index (χ2n) is 6.25. The molecule has 0 spiro atoms. The number of aromatic nitrogens is 3. The number of anilines is 2. The summed E-state index contributed by atoms with van der Waals surface area (Å²) >= 11 is 6.20. The monoisotopic (exact) mass is 457 g/mol. The molecular formula is C19H16ClF4N5O2. The van der Waals surface area contributed by atoms with Crippen LogP contribution in [0.3, 0.4) is 0 Å². The Kier molecular flexibility index (Phi) is 6.46. The number of hydrogen-bond acceptors (Lipinski definition) is 5. The molecule has 12 heteroatoms. The summed E-state index contributed by atoms with van der Waals surface area (Å²) in [6, 6.07) is 4.75. The molecule has 2 N–H and O–H groups in total. The van der Waals surface area contributed by atoms with Gasteiger partial charge < -0.3 is 10.5 Å². The van der Waals surface area contributed by atoms with Gasteiger partial charge in [0, 0.05) is 25.4 Å². The molecule has 0 saturated heterocycles. The number of ether oxygens (including phenoxy) is 1. The number of benzene rings is 1. The van der Waals surface area contributed by atoms with Crippen molar-refractivity contribution >= 4 is 28.9 Å². The van der Waals surface area contributed by atoms with E-state index in [0.29, 0.717) is 11.9 Å². The molecule has 0 unspecified atom stereocenters. The SMILES string of the molecule is Cn1ncc(Cl)c1-c1cc(N(C(=O)C(F)(F)F)c2ccncc2F)ccc1OCCN. The molecule has 3 rings (SSSR count). The predicted molar refractivity (Wildman–Crippen MR) is 106 cm³/mol. The van der Waals surface area contributed by atoms with Gasteiger partial charge in [-0.1, -0.05) is 11.6 Å². The Balaban J connectivity index is 2.24. The molecule has 0 fully saturated rings. The Bertz CT molecular complexity index is 1080. The maximum Gasteiger partial charge on any atom is 0.472 e. The van der Waals surface area contributed by atoms with E-state index in [1.54, 1.807) is 7.05 Å². The van der Waals surface area contributed by atoms with Gasteiger partial charge in [0.25, 0.3) is 0 Å². The zero-order valence-corrected chi connectivity index (χ0v) is 16.8. The van der Waals surface area contributed by atoms with Crippen molar-refractivity contribution < 1.29 is 27.1 Å². The fraction of sp³-hybridized carbons (Fsp3) is 0.211. The Morgan fingerprint density at radius 2 is 2.03 bits per heavy atom. The van der Waals surface area contributed by atoms with Gasteiger partial charge in [-0.3, -0.25) is 19.4 Å². The van der Waals surface area contributed by atoms with Crippen LogP contribution >= 0.6 is 11.6 Å². The molecule has 3 aromatic rings. The molecule has 0 aliphatic rings. The summed E-state index contributed by atoms with van der Waals surface area (Å²) in [5, 5.41) is 4.21. The summed E-state index contributed by atoms with van der Waals surface area (Å²) in [6.45, 7) is 0.299. The van der Waals surface area contributed by atoms with Gasteiger partial charge in [0.05, 0.1) is 34.5 Å². The fourth-order valence-electron chi connectivity index (χ4n) is 2.89. The van der Waals surface area contributed by atoms with Crippen molar-refractivity contribution in [2.45, 2.75) is 6.18 Å². The standard InChI is InChI=1S/C19H16ClF4N5O2/c1-28-17(13(20)9-27-28)12-8-11(2-3-16(12)31-7-5-25)29(18(30)19(22,23)24)15-4-6-26-10-14(15)21/h2-4,6,8-10H,5,7,25H2,1H3. The molecule has 0 saturated carbocycles. The van der Waals surface area contributed by atoms with E-state index >= 15 is 0 Å². The van der Waals surface area contributed by atoms with E-state index in [-0.39, 0.29) is 40.1 Å². The fourth-order valence-corrected chi connectivity index (χ4v) is 3.16. The van der Waals surface area contributed by atoms with Crippen molar-refractivity contribution in [2.75, 3.05) is 18.1 Å². The third kappa shape index (κ3) is 4.62. The minimum Gasteiger partial charge on any atom is -0.492 e. The van der Waals surface area contributed by atoms with Gasteiger partial charge in [-0.25, -0.2) is 4.39 Å². The molecule has 2 heterocycles. The highest BCUT2D eigenvalue weighted by Crippen LogP contribution is 2.40. The first-order valence-corrected chi connectivity index (χ1v) is 9.18. The molecule has 7 nitrogen and oxygen atoms in total. The number of alkyl halides is 3. The summed E-state index contributed by atoms with van der Waals surface area (Å²) in [7, 11) is 1.57. The van der Waals surface area contributed by atoms with E-state index in [9.17, 15) is 22.4 Å². The molecule has 0 aliphatic heterocycles. The second kappa shape index (κ2) is 8.90. The third-order valence-electron chi connectivity index (χ3n) is 4.18. The van der Waals surface area contributed by atoms with Crippen LogP contribution in [0.4, 0.5) is 28.9 Å². The molecule has 31 heavy (non-hydrogen) atoms. The van der Waals surface area contributed by atoms with E-state index in [1.165, 1.54) is 29.1 Å². The van der Waals surface area contributed by atoms with Crippen LogP contribution in [-0.2, 0) is 11.8 Å². The van der Waals surface area contributed by atoms with Crippen LogP contribution < -0.4 is 15.4 Å². The molecule has 0 radical (unpaired) electrons. The number of amides is 1. The van der Waals surface area contributed by atoms with Crippen LogP contribution in [0.15, 0.2) is 42.9 Å². The number of hydrogen-bond donors (Lipinski definition) is 1. The molecule has 2 aromatic heterocycles. The molecule has 164 valence electrons. The van der Waals surface area contributed by atoms with E-state index in [2.05, 4.69) is 10.1 Å². The second-order valence-corrected chi connectivity index (χ2v) is 6.65. The number of pyridine rings is 1. The summed E-state index contributed by atoms with van der Waals surface area (Å²) in [6.07, 6.45) is -2.14. The van der Waals surface area contributed by atoms with E-state index in [0.717, 1.165) is 12.3 Å². The quantitative estimate of drug-likeness (QED) is 0.568. The van der Waals surface area contributed by atoms with E-state index in [1.807, 2.05) is 0 Å². The van der Waals surface area contributed by atoms with Crippen LogP contribution in [-0.4, -0.2) is 40.0 Å². The number of nitrogens with zero attached hydrogens (tertiary/aromatic N) is 4. The molecule has 0 aliphatic carbocycles.